The van der Waals surface area contributed by atoms with Gasteiger partial charge in [0.15, 0.2) is 0 Å². The van der Waals surface area contributed by atoms with Crippen molar-refractivity contribution in [3.05, 3.63) is 29.3 Å². The molecule has 0 aromatic heterocycles. The number of piperidine rings is 1. The van der Waals surface area contributed by atoms with Gasteiger partial charge in [-0.05, 0) is 25.8 Å². The van der Waals surface area contributed by atoms with Gasteiger partial charge in [-0.25, -0.2) is 8.78 Å². The first-order chi connectivity index (χ1) is 8.97. The molecule has 1 aromatic rings. The molecule has 1 aliphatic rings. The Balaban J connectivity index is 2.09. The highest BCUT2D eigenvalue weighted by atomic mass is 19.1. The van der Waals surface area contributed by atoms with Gasteiger partial charge in [-0.1, -0.05) is 13.8 Å². The SMILES string of the molecule is CC(C)c1c(F)cc(OC2CCN(C)CC2)cc1F. The summed E-state index contributed by atoms with van der Waals surface area (Å²) in [5, 5.41) is 0. The second-order valence-electron chi connectivity index (χ2n) is 5.58. The molecule has 106 valence electrons. The van der Waals surface area contributed by atoms with Crippen LogP contribution in [0.15, 0.2) is 12.1 Å². The van der Waals surface area contributed by atoms with E-state index in [-0.39, 0.29) is 17.6 Å². The van der Waals surface area contributed by atoms with Crippen LogP contribution in [0.3, 0.4) is 0 Å². The molecule has 2 nitrogen and oxygen atoms in total. The second-order valence-corrected chi connectivity index (χ2v) is 5.58. The quantitative estimate of drug-likeness (QED) is 0.832. The summed E-state index contributed by atoms with van der Waals surface area (Å²) in [5.74, 6) is -0.901. The number of nitrogens with zero attached hydrogens (tertiary/aromatic N) is 1. The zero-order valence-electron chi connectivity index (χ0n) is 11.7. The minimum absolute atomic E-state index is 0.0555. The van der Waals surface area contributed by atoms with E-state index in [0.29, 0.717) is 5.75 Å². The average Bonchev–Trinajstić information content (AvgIpc) is 2.30. The van der Waals surface area contributed by atoms with Gasteiger partial charge in [0.25, 0.3) is 0 Å². The molecule has 2 rings (SSSR count). The third-order valence-corrected chi connectivity index (χ3v) is 3.60. The molecule has 1 heterocycles. The molecule has 1 saturated heterocycles. The Bertz CT molecular complexity index is 417. The Hall–Kier alpha value is -1.16. The Kier molecular flexibility index (Phi) is 4.40. The average molecular weight is 269 g/mol. The first-order valence-electron chi connectivity index (χ1n) is 6.81. The molecule has 0 radical (unpaired) electrons. The molecular formula is C15H21F2NO. The fraction of sp³-hybridized carbons (Fsp3) is 0.600. The minimum atomic E-state index is -0.516. The molecule has 1 aromatic carbocycles. The van der Waals surface area contributed by atoms with Gasteiger partial charge in [-0.3, -0.25) is 0 Å². The molecule has 0 saturated carbocycles. The maximum Gasteiger partial charge on any atom is 0.133 e. The van der Waals surface area contributed by atoms with Crippen molar-refractivity contribution in [3.63, 3.8) is 0 Å². The second kappa shape index (κ2) is 5.87. The Morgan fingerprint density at radius 1 is 1.16 bits per heavy atom. The van der Waals surface area contributed by atoms with E-state index >= 15 is 0 Å². The fourth-order valence-electron chi connectivity index (χ4n) is 2.48. The summed E-state index contributed by atoms with van der Waals surface area (Å²) in [7, 11) is 2.06. The van der Waals surface area contributed by atoms with Crippen LogP contribution in [0.5, 0.6) is 5.75 Å². The van der Waals surface area contributed by atoms with Crippen molar-refractivity contribution in [3.8, 4) is 5.75 Å². The summed E-state index contributed by atoms with van der Waals surface area (Å²) in [5.41, 5.74) is 0.135. The number of likely N-dealkylation sites (tertiary alicyclic amines) is 1. The van der Waals surface area contributed by atoms with Gasteiger partial charge in [0.1, 0.15) is 23.5 Å². The predicted molar refractivity (Wildman–Crippen MR) is 71.6 cm³/mol. The lowest BCUT2D eigenvalue weighted by molar-refractivity contribution is 0.113. The van der Waals surface area contributed by atoms with E-state index in [1.807, 2.05) is 0 Å². The maximum atomic E-state index is 13.8. The highest BCUT2D eigenvalue weighted by molar-refractivity contribution is 5.32. The lowest BCUT2D eigenvalue weighted by Gasteiger charge is -2.29. The summed E-state index contributed by atoms with van der Waals surface area (Å²) >= 11 is 0. The standard InChI is InChI=1S/C15H21F2NO/c1-10(2)15-13(16)8-12(9-14(15)17)19-11-4-6-18(3)7-5-11/h8-11H,4-7H2,1-3H3. The normalized spacial score (nSPS) is 18.0. The molecular weight excluding hydrogens is 248 g/mol. The van der Waals surface area contributed by atoms with Crippen molar-refractivity contribution < 1.29 is 13.5 Å². The Morgan fingerprint density at radius 3 is 2.16 bits per heavy atom. The predicted octanol–water partition coefficient (Wildman–Crippen LogP) is 3.56. The number of hydrogen-bond acceptors (Lipinski definition) is 2. The third kappa shape index (κ3) is 3.44. The smallest absolute Gasteiger partial charge is 0.133 e. The Labute approximate surface area is 113 Å². The van der Waals surface area contributed by atoms with E-state index in [4.69, 9.17) is 4.74 Å². The summed E-state index contributed by atoms with van der Waals surface area (Å²) in [6.07, 6.45) is 1.84. The van der Waals surface area contributed by atoms with Gasteiger partial charge in [0, 0.05) is 30.8 Å². The van der Waals surface area contributed by atoms with Crippen molar-refractivity contribution in [1.82, 2.24) is 4.90 Å². The van der Waals surface area contributed by atoms with Crippen LogP contribution in [0.1, 0.15) is 38.2 Å². The van der Waals surface area contributed by atoms with E-state index in [1.165, 1.54) is 12.1 Å². The van der Waals surface area contributed by atoms with Crippen molar-refractivity contribution in [1.29, 1.82) is 0 Å². The molecule has 0 N–H and O–H groups in total. The monoisotopic (exact) mass is 269 g/mol. The molecule has 19 heavy (non-hydrogen) atoms. The van der Waals surface area contributed by atoms with Gasteiger partial charge in [0.05, 0.1) is 0 Å². The van der Waals surface area contributed by atoms with E-state index in [1.54, 1.807) is 13.8 Å². The van der Waals surface area contributed by atoms with Crippen molar-refractivity contribution in [2.75, 3.05) is 20.1 Å². The van der Waals surface area contributed by atoms with Crippen molar-refractivity contribution in [2.24, 2.45) is 0 Å². The molecule has 0 unspecified atom stereocenters. The van der Waals surface area contributed by atoms with Gasteiger partial charge >= 0.3 is 0 Å². The van der Waals surface area contributed by atoms with Crippen LogP contribution < -0.4 is 4.74 Å². The van der Waals surface area contributed by atoms with E-state index in [0.717, 1.165) is 25.9 Å². The summed E-state index contributed by atoms with van der Waals surface area (Å²) in [4.78, 5) is 2.23. The van der Waals surface area contributed by atoms with Crippen LogP contribution >= 0.6 is 0 Å². The van der Waals surface area contributed by atoms with Crippen LogP contribution in [0, 0.1) is 11.6 Å². The van der Waals surface area contributed by atoms with E-state index < -0.39 is 11.6 Å². The highest BCUT2D eigenvalue weighted by Gasteiger charge is 2.20. The molecule has 0 spiro atoms. The molecule has 0 atom stereocenters. The first kappa shape index (κ1) is 14.3. The number of ether oxygens (including phenoxy) is 1. The minimum Gasteiger partial charge on any atom is -0.490 e. The Morgan fingerprint density at radius 2 is 1.68 bits per heavy atom. The maximum absolute atomic E-state index is 13.8. The third-order valence-electron chi connectivity index (χ3n) is 3.60. The van der Waals surface area contributed by atoms with Gasteiger partial charge in [0.2, 0.25) is 0 Å². The molecule has 0 aliphatic carbocycles. The molecule has 1 aliphatic heterocycles. The topological polar surface area (TPSA) is 12.5 Å². The summed E-state index contributed by atoms with van der Waals surface area (Å²) in [6.45, 7) is 5.47. The van der Waals surface area contributed by atoms with Crippen LogP contribution in [0.4, 0.5) is 8.78 Å². The molecule has 0 bridgehead atoms. The zero-order chi connectivity index (χ0) is 14.0. The number of hydrogen-bond donors (Lipinski definition) is 0. The van der Waals surface area contributed by atoms with Gasteiger partial charge < -0.3 is 9.64 Å². The van der Waals surface area contributed by atoms with Crippen LogP contribution in [-0.2, 0) is 0 Å². The van der Waals surface area contributed by atoms with Crippen LogP contribution in [-0.4, -0.2) is 31.1 Å². The van der Waals surface area contributed by atoms with Crippen LogP contribution in [0.2, 0.25) is 0 Å². The number of rotatable bonds is 3. The zero-order valence-corrected chi connectivity index (χ0v) is 11.7. The summed E-state index contributed by atoms with van der Waals surface area (Å²) < 4.78 is 33.4. The van der Waals surface area contributed by atoms with Gasteiger partial charge in [-0.2, -0.15) is 0 Å². The first-order valence-corrected chi connectivity index (χ1v) is 6.81. The molecule has 4 heteroatoms. The summed E-state index contributed by atoms with van der Waals surface area (Å²) in [6, 6.07) is 2.60. The number of benzene rings is 1. The van der Waals surface area contributed by atoms with Gasteiger partial charge in [-0.15, -0.1) is 0 Å². The molecule has 0 amide bonds. The molecule has 1 fully saturated rings. The lowest BCUT2D eigenvalue weighted by Crippen LogP contribution is -2.35. The fourth-order valence-corrected chi connectivity index (χ4v) is 2.48. The lowest BCUT2D eigenvalue weighted by atomic mass is 10.0. The highest BCUT2D eigenvalue weighted by Crippen LogP contribution is 2.28. The van der Waals surface area contributed by atoms with E-state index in [9.17, 15) is 8.78 Å². The largest absolute Gasteiger partial charge is 0.490 e. The van der Waals surface area contributed by atoms with Crippen molar-refractivity contribution in [2.45, 2.75) is 38.7 Å². The van der Waals surface area contributed by atoms with E-state index in [2.05, 4.69) is 11.9 Å². The van der Waals surface area contributed by atoms with Crippen LogP contribution in [0.25, 0.3) is 0 Å². The van der Waals surface area contributed by atoms with Crippen molar-refractivity contribution >= 4 is 0 Å². The number of halogens is 2.